The number of hydrogen-bond donors (Lipinski definition) is 2. The summed E-state index contributed by atoms with van der Waals surface area (Å²) in [5, 5.41) is 0.693. The molecular formula is C10H10N2S. The molecule has 2 rings (SSSR count). The van der Waals surface area contributed by atoms with Crippen molar-refractivity contribution in [3.8, 4) is 10.4 Å². The van der Waals surface area contributed by atoms with Gasteiger partial charge in [0.2, 0.25) is 0 Å². The number of nitrogens with two attached hydrogens (primary N) is 2. The number of anilines is 2. The summed E-state index contributed by atoms with van der Waals surface area (Å²) in [7, 11) is 0. The van der Waals surface area contributed by atoms with Gasteiger partial charge in [0.1, 0.15) is 5.00 Å². The van der Waals surface area contributed by atoms with Crippen molar-refractivity contribution >= 4 is 22.0 Å². The molecule has 0 saturated carbocycles. The Morgan fingerprint density at radius 1 is 1.00 bits per heavy atom. The van der Waals surface area contributed by atoms with Gasteiger partial charge in [-0.15, -0.1) is 11.3 Å². The largest absolute Gasteiger partial charge is 0.396 e. The molecule has 0 radical (unpaired) electrons. The lowest BCUT2D eigenvalue weighted by atomic mass is 10.2. The monoisotopic (exact) mass is 190 g/mol. The Labute approximate surface area is 80.8 Å². The second-order valence-electron chi connectivity index (χ2n) is 2.80. The van der Waals surface area contributed by atoms with Gasteiger partial charge in [0.25, 0.3) is 0 Å². The van der Waals surface area contributed by atoms with Crippen LogP contribution >= 0.6 is 11.3 Å². The maximum Gasteiger partial charge on any atom is 0.110 e. The lowest BCUT2D eigenvalue weighted by molar-refractivity contribution is 1.70. The SMILES string of the molecule is Nc1cc(-c2ccccc2)sc1N. The van der Waals surface area contributed by atoms with Gasteiger partial charge in [0.05, 0.1) is 5.69 Å². The zero-order valence-corrected chi connectivity index (χ0v) is 7.84. The molecule has 13 heavy (non-hydrogen) atoms. The van der Waals surface area contributed by atoms with Gasteiger partial charge in [0.15, 0.2) is 0 Å². The number of nitrogen functional groups attached to an aromatic ring is 2. The molecule has 2 nitrogen and oxygen atoms in total. The molecule has 0 saturated heterocycles. The Hall–Kier alpha value is -1.48. The van der Waals surface area contributed by atoms with Crippen molar-refractivity contribution in [1.29, 1.82) is 0 Å². The first-order valence-corrected chi connectivity index (χ1v) is 4.79. The zero-order chi connectivity index (χ0) is 9.26. The minimum Gasteiger partial charge on any atom is -0.396 e. The maximum atomic E-state index is 5.67. The third kappa shape index (κ3) is 1.51. The van der Waals surface area contributed by atoms with E-state index in [2.05, 4.69) is 0 Å². The Kier molecular flexibility index (Phi) is 1.94. The van der Waals surface area contributed by atoms with E-state index >= 15 is 0 Å². The van der Waals surface area contributed by atoms with Gasteiger partial charge in [-0.3, -0.25) is 0 Å². The summed E-state index contributed by atoms with van der Waals surface area (Å²) >= 11 is 1.52. The summed E-state index contributed by atoms with van der Waals surface area (Å²) < 4.78 is 0. The zero-order valence-electron chi connectivity index (χ0n) is 7.03. The molecule has 0 aliphatic heterocycles. The van der Waals surface area contributed by atoms with Crippen LogP contribution in [0.3, 0.4) is 0 Å². The van der Waals surface area contributed by atoms with E-state index in [1.165, 1.54) is 11.3 Å². The van der Waals surface area contributed by atoms with Crippen LogP contribution in [0, 0.1) is 0 Å². The van der Waals surface area contributed by atoms with Crippen molar-refractivity contribution in [2.75, 3.05) is 11.5 Å². The van der Waals surface area contributed by atoms with E-state index < -0.39 is 0 Å². The quantitative estimate of drug-likeness (QED) is 0.726. The summed E-state index contributed by atoms with van der Waals surface area (Å²) in [4.78, 5) is 1.12. The van der Waals surface area contributed by atoms with Crippen molar-refractivity contribution in [2.45, 2.75) is 0 Å². The van der Waals surface area contributed by atoms with E-state index in [0.717, 1.165) is 10.4 Å². The van der Waals surface area contributed by atoms with Crippen LogP contribution in [0.2, 0.25) is 0 Å². The molecule has 0 unspecified atom stereocenters. The highest BCUT2D eigenvalue weighted by Gasteiger charge is 2.03. The standard InChI is InChI=1S/C10H10N2S/c11-8-6-9(13-10(8)12)7-4-2-1-3-5-7/h1-6H,11-12H2. The molecule has 0 aliphatic rings. The van der Waals surface area contributed by atoms with Gasteiger partial charge in [-0.2, -0.15) is 0 Å². The number of thiophene rings is 1. The van der Waals surface area contributed by atoms with Crippen LogP contribution in [-0.2, 0) is 0 Å². The predicted octanol–water partition coefficient (Wildman–Crippen LogP) is 2.58. The summed E-state index contributed by atoms with van der Waals surface area (Å²) in [5.41, 5.74) is 13.2. The molecule has 1 aromatic carbocycles. The highest BCUT2D eigenvalue weighted by Crippen LogP contribution is 2.34. The van der Waals surface area contributed by atoms with Gasteiger partial charge in [-0.05, 0) is 11.6 Å². The first kappa shape index (κ1) is 8.13. The molecule has 0 bridgehead atoms. The third-order valence-electron chi connectivity index (χ3n) is 1.85. The molecule has 3 heteroatoms. The van der Waals surface area contributed by atoms with Crippen LogP contribution < -0.4 is 11.5 Å². The van der Waals surface area contributed by atoms with E-state index in [1.807, 2.05) is 36.4 Å². The van der Waals surface area contributed by atoms with E-state index in [1.54, 1.807) is 0 Å². The second kappa shape index (κ2) is 3.11. The van der Waals surface area contributed by atoms with Crippen LogP contribution in [-0.4, -0.2) is 0 Å². The molecule has 66 valence electrons. The minimum absolute atomic E-state index is 0.670. The Balaban J connectivity index is 2.48. The van der Waals surface area contributed by atoms with E-state index in [0.29, 0.717) is 10.7 Å². The first-order chi connectivity index (χ1) is 6.27. The molecule has 0 fully saturated rings. The molecule has 1 heterocycles. The topological polar surface area (TPSA) is 52.0 Å². The third-order valence-corrected chi connectivity index (χ3v) is 2.88. The van der Waals surface area contributed by atoms with Gasteiger partial charge in [-0.25, -0.2) is 0 Å². The molecular weight excluding hydrogens is 180 g/mol. The number of rotatable bonds is 1. The first-order valence-electron chi connectivity index (χ1n) is 3.97. The maximum absolute atomic E-state index is 5.67. The number of hydrogen-bond acceptors (Lipinski definition) is 3. The highest BCUT2D eigenvalue weighted by molar-refractivity contribution is 7.19. The Morgan fingerprint density at radius 3 is 2.23 bits per heavy atom. The molecule has 2 aromatic rings. The minimum atomic E-state index is 0.670. The Morgan fingerprint density at radius 2 is 1.69 bits per heavy atom. The van der Waals surface area contributed by atoms with Crippen LogP contribution in [0.4, 0.5) is 10.7 Å². The fraction of sp³-hybridized carbons (Fsp3) is 0. The van der Waals surface area contributed by atoms with Gasteiger partial charge in [-0.1, -0.05) is 30.3 Å². The van der Waals surface area contributed by atoms with E-state index in [4.69, 9.17) is 11.5 Å². The summed E-state index contributed by atoms with van der Waals surface area (Å²) in [6.45, 7) is 0. The highest BCUT2D eigenvalue weighted by atomic mass is 32.1. The molecule has 0 spiro atoms. The van der Waals surface area contributed by atoms with Crippen molar-refractivity contribution in [3.63, 3.8) is 0 Å². The van der Waals surface area contributed by atoms with Crippen molar-refractivity contribution in [1.82, 2.24) is 0 Å². The summed E-state index contributed by atoms with van der Waals surface area (Å²) in [6.07, 6.45) is 0. The van der Waals surface area contributed by atoms with Crippen LogP contribution in [0.15, 0.2) is 36.4 Å². The summed E-state index contributed by atoms with van der Waals surface area (Å²) in [5.74, 6) is 0. The fourth-order valence-corrected chi connectivity index (χ4v) is 2.02. The van der Waals surface area contributed by atoms with E-state index in [9.17, 15) is 0 Å². The average Bonchev–Trinajstić information content (AvgIpc) is 2.49. The van der Waals surface area contributed by atoms with Crippen LogP contribution in [0.25, 0.3) is 10.4 Å². The average molecular weight is 190 g/mol. The lowest BCUT2D eigenvalue weighted by Gasteiger charge is -1.93. The van der Waals surface area contributed by atoms with Crippen LogP contribution in [0.1, 0.15) is 0 Å². The van der Waals surface area contributed by atoms with Crippen molar-refractivity contribution in [2.24, 2.45) is 0 Å². The molecule has 0 atom stereocenters. The van der Waals surface area contributed by atoms with Gasteiger partial charge in [0, 0.05) is 4.88 Å². The van der Waals surface area contributed by atoms with Crippen molar-refractivity contribution in [3.05, 3.63) is 36.4 Å². The summed E-state index contributed by atoms with van der Waals surface area (Å²) in [6, 6.07) is 12.0. The number of benzene rings is 1. The predicted molar refractivity (Wildman–Crippen MR) is 58.6 cm³/mol. The van der Waals surface area contributed by atoms with E-state index in [-0.39, 0.29) is 0 Å². The smallest absolute Gasteiger partial charge is 0.110 e. The fourth-order valence-electron chi connectivity index (χ4n) is 1.16. The molecule has 0 aliphatic carbocycles. The van der Waals surface area contributed by atoms with Gasteiger partial charge < -0.3 is 11.5 Å². The van der Waals surface area contributed by atoms with Crippen molar-refractivity contribution < 1.29 is 0 Å². The molecule has 4 N–H and O–H groups in total. The lowest BCUT2D eigenvalue weighted by Crippen LogP contribution is -1.86. The molecule has 1 aromatic heterocycles. The molecule has 0 amide bonds. The second-order valence-corrected chi connectivity index (χ2v) is 3.88. The van der Waals surface area contributed by atoms with Crippen LogP contribution in [0.5, 0.6) is 0 Å². The van der Waals surface area contributed by atoms with Gasteiger partial charge >= 0.3 is 0 Å². The Bertz CT molecular complexity index is 387. The normalized spacial score (nSPS) is 10.2.